The quantitative estimate of drug-likeness (QED) is 0.709. The first-order chi connectivity index (χ1) is 14.5. The Balaban J connectivity index is 1.58. The van der Waals surface area contributed by atoms with Gasteiger partial charge in [-0.25, -0.2) is 22.0 Å². The van der Waals surface area contributed by atoms with Gasteiger partial charge in [-0.15, -0.1) is 0 Å². The average molecular weight is 454 g/mol. The molecule has 168 valence electrons. The molecule has 0 radical (unpaired) electrons. The normalized spacial score (nSPS) is 22.3. The molecule has 0 N–H and O–H groups in total. The standard InChI is InChI=1S/C21H25F2N3O4S/c1-21(2,3)30-20(27)25-9-14-11-26(12-15(14)10-25)31(28,29)17-6-4-5-13-7-24-8-16(18(13)17)19(22)23/h4-8,14-15,19H,9-12H2,1-3H3/t14-,15+. The molecule has 1 amide bonds. The van der Waals surface area contributed by atoms with Gasteiger partial charge in [0.1, 0.15) is 5.60 Å². The van der Waals surface area contributed by atoms with E-state index in [-0.39, 0.29) is 35.2 Å². The molecule has 0 spiro atoms. The van der Waals surface area contributed by atoms with Gasteiger partial charge in [0.15, 0.2) is 0 Å². The van der Waals surface area contributed by atoms with Gasteiger partial charge in [-0.1, -0.05) is 12.1 Å². The molecule has 1 aromatic carbocycles. The first-order valence-corrected chi connectivity index (χ1v) is 11.5. The smallest absolute Gasteiger partial charge is 0.410 e. The van der Waals surface area contributed by atoms with Crippen LogP contribution in [0.15, 0.2) is 35.5 Å². The fourth-order valence-corrected chi connectivity index (χ4v) is 6.17. The second-order valence-corrected chi connectivity index (χ2v) is 11.0. The molecule has 0 unspecified atom stereocenters. The van der Waals surface area contributed by atoms with Crippen LogP contribution in [0.4, 0.5) is 13.6 Å². The van der Waals surface area contributed by atoms with Crippen LogP contribution in [0.3, 0.4) is 0 Å². The van der Waals surface area contributed by atoms with Crippen LogP contribution >= 0.6 is 0 Å². The summed E-state index contributed by atoms with van der Waals surface area (Å²) in [5.41, 5.74) is -0.998. The maximum atomic E-state index is 13.6. The maximum Gasteiger partial charge on any atom is 0.410 e. The van der Waals surface area contributed by atoms with Crippen molar-refractivity contribution in [3.8, 4) is 0 Å². The first-order valence-electron chi connectivity index (χ1n) is 10.1. The third-order valence-electron chi connectivity index (χ3n) is 5.73. The number of amides is 1. The van der Waals surface area contributed by atoms with E-state index in [9.17, 15) is 22.0 Å². The van der Waals surface area contributed by atoms with Crippen molar-refractivity contribution in [2.75, 3.05) is 26.2 Å². The zero-order valence-corrected chi connectivity index (χ0v) is 18.4. The lowest BCUT2D eigenvalue weighted by Gasteiger charge is -2.26. The lowest BCUT2D eigenvalue weighted by Crippen LogP contribution is -2.38. The summed E-state index contributed by atoms with van der Waals surface area (Å²) in [7, 11) is -3.99. The summed E-state index contributed by atoms with van der Waals surface area (Å²) in [4.78, 5) is 17.6. The van der Waals surface area contributed by atoms with Crippen molar-refractivity contribution in [2.45, 2.75) is 37.7 Å². The second kappa shape index (κ2) is 7.67. The summed E-state index contributed by atoms with van der Waals surface area (Å²) in [6, 6.07) is 4.47. The predicted octanol–water partition coefficient (Wildman–Crippen LogP) is 3.66. The number of nitrogens with zero attached hydrogens (tertiary/aromatic N) is 3. The number of rotatable bonds is 3. The van der Waals surface area contributed by atoms with Crippen molar-refractivity contribution in [3.05, 3.63) is 36.2 Å². The molecule has 0 saturated carbocycles. The van der Waals surface area contributed by atoms with Crippen LogP contribution in [0.25, 0.3) is 10.8 Å². The van der Waals surface area contributed by atoms with Gasteiger partial charge in [-0.05, 0) is 38.7 Å². The summed E-state index contributed by atoms with van der Waals surface area (Å²) in [6.07, 6.45) is -0.839. The Morgan fingerprint density at radius 2 is 1.77 bits per heavy atom. The largest absolute Gasteiger partial charge is 0.444 e. The molecule has 10 heteroatoms. The molecule has 1 aromatic heterocycles. The van der Waals surface area contributed by atoms with Gasteiger partial charge in [-0.3, -0.25) is 4.98 Å². The Bertz CT molecular complexity index is 1100. The molecule has 2 aliphatic heterocycles. The molecule has 0 bridgehead atoms. The van der Waals surface area contributed by atoms with E-state index in [1.807, 2.05) is 0 Å². The highest BCUT2D eigenvalue weighted by molar-refractivity contribution is 7.89. The Kier molecular flexibility index (Phi) is 5.41. The van der Waals surface area contributed by atoms with Crippen LogP contribution in [0.1, 0.15) is 32.8 Å². The van der Waals surface area contributed by atoms with Gasteiger partial charge < -0.3 is 9.64 Å². The third kappa shape index (κ3) is 4.10. The number of alkyl halides is 2. The lowest BCUT2D eigenvalue weighted by atomic mass is 10.0. The lowest BCUT2D eigenvalue weighted by molar-refractivity contribution is 0.0279. The Labute approximate surface area is 180 Å². The molecular weight excluding hydrogens is 428 g/mol. The number of sulfonamides is 1. The van der Waals surface area contributed by atoms with Crippen LogP contribution in [0.2, 0.25) is 0 Å². The second-order valence-electron chi connectivity index (χ2n) is 9.11. The molecule has 2 aliphatic rings. The van der Waals surface area contributed by atoms with Crippen molar-refractivity contribution >= 4 is 26.9 Å². The summed E-state index contributed by atoms with van der Waals surface area (Å²) >= 11 is 0. The van der Waals surface area contributed by atoms with Gasteiger partial charge >= 0.3 is 6.09 Å². The Hall–Kier alpha value is -2.33. The number of aromatic nitrogens is 1. The van der Waals surface area contributed by atoms with Crippen molar-refractivity contribution in [2.24, 2.45) is 11.8 Å². The molecule has 31 heavy (non-hydrogen) atoms. The molecule has 2 aromatic rings. The van der Waals surface area contributed by atoms with Crippen LogP contribution in [0, 0.1) is 11.8 Å². The molecular formula is C21H25F2N3O4S. The number of pyridine rings is 1. The topological polar surface area (TPSA) is 79.8 Å². The number of hydrogen-bond donors (Lipinski definition) is 0. The molecule has 0 aliphatic carbocycles. The summed E-state index contributed by atoms with van der Waals surface area (Å²) < 4.78 is 60.7. The van der Waals surface area contributed by atoms with E-state index in [1.54, 1.807) is 31.7 Å². The van der Waals surface area contributed by atoms with Gasteiger partial charge in [0.2, 0.25) is 10.0 Å². The van der Waals surface area contributed by atoms with Crippen LogP contribution in [-0.4, -0.2) is 60.5 Å². The van der Waals surface area contributed by atoms with Crippen molar-refractivity contribution in [3.63, 3.8) is 0 Å². The van der Waals surface area contributed by atoms with Gasteiger partial charge in [0, 0.05) is 54.9 Å². The number of fused-ring (bicyclic) bond motifs is 2. The minimum absolute atomic E-state index is 0.0138. The predicted molar refractivity (Wildman–Crippen MR) is 110 cm³/mol. The number of carbonyl (C=O) groups excluding carboxylic acids is 1. The number of halogens is 2. The Morgan fingerprint density at radius 1 is 1.13 bits per heavy atom. The summed E-state index contributed by atoms with van der Waals surface area (Å²) in [5, 5.41) is 0.370. The number of ether oxygens (including phenoxy) is 1. The summed E-state index contributed by atoms with van der Waals surface area (Å²) in [6.45, 7) is 6.67. The van der Waals surface area contributed by atoms with Crippen LogP contribution < -0.4 is 0 Å². The van der Waals surface area contributed by atoms with E-state index in [0.717, 1.165) is 6.20 Å². The molecule has 3 heterocycles. The third-order valence-corrected chi connectivity index (χ3v) is 7.61. The SMILES string of the molecule is CC(C)(C)OC(=O)N1C[C@@H]2CN(S(=O)(=O)c3cccc4cncc(C(F)F)c34)C[C@@H]2C1. The van der Waals surface area contributed by atoms with E-state index >= 15 is 0 Å². The fourth-order valence-electron chi connectivity index (χ4n) is 4.37. The fraction of sp³-hybridized carbons (Fsp3) is 0.524. The number of likely N-dealkylation sites (tertiary alicyclic amines) is 1. The van der Waals surface area contributed by atoms with Gasteiger partial charge in [0.25, 0.3) is 6.43 Å². The highest BCUT2D eigenvalue weighted by Crippen LogP contribution is 2.38. The van der Waals surface area contributed by atoms with E-state index in [1.165, 1.54) is 22.6 Å². The van der Waals surface area contributed by atoms with Crippen LogP contribution in [0.5, 0.6) is 0 Å². The number of carbonyl (C=O) groups is 1. The monoisotopic (exact) mass is 453 g/mol. The van der Waals surface area contributed by atoms with E-state index in [2.05, 4.69) is 4.98 Å². The molecule has 7 nitrogen and oxygen atoms in total. The summed E-state index contributed by atoms with van der Waals surface area (Å²) in [5.74, 6) is -0.0398. The molecule has 2 saturated heterocycles. The molecule has 4 rings (SSSR count). The minimum Gasteiger partial charge on any atom is -0.444 e. The molecule has 2 atom stereocenters. The van der Waals surface area contributed by atoms with Gasteiger partial charge in [-0.2, -0.15) is 4.31 Å². The number of hydrogen-bond acceptors (Lipinski definition) is 5. The zero-order valence-electron chi connectivity index (χ0n) is 17.6. The van der Waals surface area contributed by atoms with Crippen molar-refractivity contribution in [1.29, 1.82) is 0 Å². The van der Waals surface area contributed by atoms with E-state index in [0.29, 0.717) is 18.5 Å². The highest BCUT2D eigenvalue weighted by atomic mass is 32.2. The zero-order chi connectivity index (χ0) is 22.6. The van der Waals surface area contributed by atoms with Gasteiger partial charge in [0.05, 0.1) is 4.90 Å². The highest BCUT2D eigenvalue weighted by Gasteiger charge is 2.46. The Morgan fingerprint density at radius 3 is 2.35 bits per heavy atom. The average Bonchev–Trinajstić information content (AvgIpc) is 3.25. The van der Waals surface area contributed by atoms with Crippen LogP contribution in [-0.2, 0) is 14.8 Å². The number of benzene rings is 1. The van der Waals surface area contributed by atoms with Crippen molar-refractivity contribution < 1.29 is 26.7 Å². The first kappa shape index (κ1) is 21.9. The maximum absolute atomic E-state index is 13.6. The van der Waals surface area contributed by atoms with E-state index in [4.69, 9.17) is 4.74 Å². The minimum atomic E-state index is -3.99. The van der Waals surface area contributed by atoms with Crippen molar-refractivity contribution in [1.82, 2.24) is 14.2 Å². The molecule has 2 fully saturated rings. The van der Waals surface area contributed by atoms with E-state index < -0.39 is 33.7 Å².